The van der Waals surface area contributed by atoms with Crippen LogP contribution in [0.25, 0.3) is 0 Å². The number of carbonyl (C=O) groups is 3. The van der Waals surface area contributed by atoms with E-state index in [-0.39, 0.29) is 0 Å². The highest BCUT2D eigenvalue weighted by Crippen LogP contribution is 2.34. The summed E-state index contributed by atoms with van der Waals surface area (Å²) in [6.45, 7) is 0. The summed E-state index contributed by atoms with van der Waals surface area (Å²) in [5.41, 5.74) is -1.24. The van der Waals surface area contributed by atoms with E-state index in [0.29, 0.717) is 5.56 Å². The fourth-order valence-corrected chi connectivity index (χ4v) is 2.34. The average Bonchev–Trinajstić information content (AvgIpc) is 2.72. The SMILES string of the molecule is O=C(OC12C=CC=CC1C(=O)NC2=O)c1ccccc1. The number of hydrogen-bond donors (Lipinski definition) is 1. The lowest BCUT2D eigenvalue weighted by Gasteiger charge is -2.28. The van der Waals surface area contributed by atoms with E-state index in [4.69, 9.17) is 4.74 Å². The van der Waals surface area contributed by atoms with Crippen LogP contribution in [0.3, 0.4) is 0 Å². The Kier molecular flexibility index (Phi) is 2.75. The second kappa shape index (κ2) is 4.45. The Labute approximate surface area is 114 Å². The highest BCUT2D eigenvalue weighted by molar-refractivity contribution is 6.12. The molecular formula is C15H11NO4. The summed E-state index contributed by atoms with van der Waals surface area (Å²) in [4.78, 5) is 35.9. The van der Waals surface area contributed by atoms with E-state index in [0.717, 1.165) is 0 Å². The van der Waals surface area contributed by atoms with Crippen molar-refractivity contribution >= 4 is 17.8 Å². The zero-order chi connectivity index (χ0) is 14.2. The van der Waals surface area contributed by atoms with E-state index in [2.05, 4.69) is 5.32 Å². The van der Waals surface area contributed by atoms with E-state index in [1.165, 1.54) is 6.08 Å². The van der Waals surface area contributed by atoms with Crippen LogP contribution in [0.2, 0.25) is 0 Å². The average molecular weight is 269 g/mol. The molecule has 2 unspecified atom stereocenters. The molecule has 0 saturated carbocycles. The molecule has 0 radical (unpaired) electrons. The number of rotatable bonds is 2. The van der Waals surface area contributed by atoms with Gasteiger partial charge in [0.2, 0.25) is 11.5 Å². The number of hydrogen-bond acceptors (Lipinski definition) is 4. The van der Waals surface area contributed by atoms with Gasteiger partial charge < -0.3 is 4.74 Å². The van der Waals surface area contributed by atoms with E-state index in [1.807, 2.05) is 0 Å². The third kappa shape index (κ3) is 1.75. The van der Waals surface area contributed by atoms with E-state index >= 15 is 0 Å². The van der Waals surface area contributed by atoms with Gasteiger partial charge in [0.05, 0.1) is 5.56 Å². The Morgan fingerprint density at radius 1 is 1.15 bits per heavy atom. The Morgan fingerprint density at radius 3 is 2.65 bits per heavy atom. The summed E-state index contributed by atoms with van der Waals surface area (Å²) in [5, 5.41) is 2.20. The minimum Gasteiger partial charge on any atom is -0.440 e. The molecule has 1 fully saturated rings. The molecular weight excluding hydrogens is 258 g/mol. The summed E-state index contributed by atoms with van der Waals surface area (Å²) in [6.07, 6.45) is 6.24. The predicted molar refractivity (Wildman–Crippen MR) is 69.5 cm³/mol. The van der Waals surface area contributed by atoms with Gasteiger partial charge in [0.15, 0.2) is 0 Å². The summed E-state index contributed by atoms with van der Waals surface area (Å²) in [7, 11) is 0. The maximum Gasteiger partial charge on any atom is 0.339 e. The number of esters is 1. The van der Waals surface area contributed by atoms with E-state index < -0.39 is 29.3 Å². The minimum atomic E-state index is -1.57. The molecule has 3 rings (SSSR count). The highest BCUT2D eigenvalue weighted by Gasteiger charge is 2.56. The van der Waals surface area contributed by atoms with Crippen molar-refractivity contribution in [1.29, 1.82) is 0 Å². The molecule has 1 aliphatic carbocycles. The largest absolute Gasteiger partial charge is 0.440 e. The van der Waals surface area contributed by atoms with Gasteiger partial charge in [-0.1, -0.05) is 36.4 Å². The minimum absolute atomic E-state index is 0.329. The zero-order valence-electron chi connectivity index (χ0n) is 10.4. The van der Waals surface area contributed by atoms with Crippen molar-refractivity contribution in [3.63, 3.8) is 0 Å². The van der Waals surface area contributed by atoms with Gasteiger partial charge in [-0.3, -0.25) is 14.9 Å². The van der Waals surface area contributed by atoms with Crippen molar-refractivity contribution < 1.29 is 19.1 Å². The first-order valence-electron chi connectivity index (χ1n) is 6.13. The van der Waals surface area contributed by atoms with Gasteiger partial charge in [0, 0.05) is 0 Å². The van der Waals surface area contributed by atoms with Crippen LogP contribution >= 0.6 is 0 Å². The number of ether oxygens (including phenoxy) is 1. The van der Waals surface area contributed by atoms with Gasteiger partial charge in [-0.2, -0.15) is 0 Å². The molecule has 1 N–H and O–H groups in total. The Bertz CT molecular complexity index is 647. The molecule has 1 aromatic carbocycles. The lowest BCUT2D eigenvalue weighted by molar-refractivity contribution is -0.133. The maximum absolute atomic E-state index is 12.1. The number of carbonyl (C=O) groups excluding carboxylic acids is 3. The normalized spacial score (nSPS) is 27.1. The maximum atomic E-state index is 12.1. The number of fused-ring (bicyclic) bond motifs is 1. The Balaban J connectivity index is 1.94. The third-order valence-electron chi connectivity index (χ3n) is 3.37. The van der Waals surface area contributed by atoms with Crippen LogP contribution in [0, 0.1) is 5.92 Å². The third-order valence-corrected chi connectivity index (χ3v) is 3.37. The Hall–Kier alpha value is -2.69. The lowest BCUT2D eigenvalue weighted by atomic mass is 9.85. The van der Waals surface area contributed by atoms with Gasteiger partial charge in [0.1, 0.15) is 5.92 Å². The van der Waals surface area contributed by atoms with Gasteiger partial charge in [-0.05, 0) is 18.2 Å². The number of allylic oxidation sites excluding steroid dienone is 2. The van der Waals surface area contributed by atoms with Crippen molar-refractivity contribution in [2.75, 3.05) is 0 Å². The number of amides is 2. The Morgan fingerprint density at radius 2 is 1.90 bits per heavy atom. The molecule has 0 aromatic heterocycles. The molecule has 2 atom stereocenters. The van der Waals surface area contributed by atoms with Gasteiger partial charge in [-0.25, -0.2) is 4.79 Å². The van der Waals surface area contributed by atoms with Gasteiger partial charge >= 0.3 is 5.97 Å². The second-order valence-electron chi connectivity index (χ2n) is 4.59. The molecule has 1 aliphatic heterocycles. The molecule has 2 aliphatic rings. The summed E-state index contributed by atoms with van der Waals surface area (Å²) in [5.74, 6) is -2.53. The molecule has 1 heterocycles. The molecule has 5 nitrogen and oxygen atoms in total. The van der Waals surface area contributed by atoms with Crippen LogP contribution in [0.4, 0.5) is 0 Å². The van der Waals surface area contributed by atoms with Crippen molar-refractivity contribution in [2.24, 2.45) is 5.92 Å². The summed E-state index contributed by atoms with van der Waals surface area (Å²) >= 11 is 0. The van der Waals surface area contributed by atoms with E-state index in [1.54, 1.807) is 48.6 Å². The first-order valence-corrected chi connectivity index (χ1v) is 6.13. The molecule has 2 amide bonds. The first-order chi connectivity index (χ1) is 9.63. The topological polar surface area (TPSA) is 72.5 Å². The molecule has 20 heavy (non-hydrogen) atoms. The zero-order valence-corrected chi connectivity index (χ0v) is 10.4. The van der Waals surface area contributed by atoms with Crippen molar-refractivity contribution in [3.05, 3.63) is 60.2 Å². The standard InChI is InChI=1S/C15H11NO4/c17-12-11-8-4-5-9-15(11,14(19)16-12)20-13(18)10-6-2-1-3-7-10/h1-9,11H,(H,16,17,19). The van der Waals surface area contributed by atoms with Crippen LogP contribution in [-0.2, 0) is 14.3 Å². The summed E-state index contributed by atoms with van der Waals surface area (Å²) < 4.78 is 5.36. The van der Waals surface area contributed by atoms with Gasteiger partial charge in [0.25, 0.3) is 5.91 Å². The molecule has 1 saturated heterocycles. The van der Waals surface area contributed by atoms with Crippen LogP contribution < -0.4 is 5.32 Å². The fraction of sp³-hybridized carbons (Fsp3) is 0.133. The van der Waals surface area contributed by atoms with Crippen LogP contribution in [0.5, 0.6) is 0 Å². The van der Waals surface area contributed by atoms with Crippen molar-refractivity contribution in [1.82, 2.24) is 5.32 Å². The lowest BCUT2D eigenvalue weighted by Crippen LogP contribution is -2.45. The summed E-state index contributed by atoms with van der Waals surface area (Å²) in [6, 6.07) is 8.34. The molecule has 5 heteroatoms. The van der Waals surface area contributed by atoms with Crippen LogP contribution in [0.1, 0.15) is 10.4 Å². The van der Waals surface area contributed by atoms with Crippen LogP contribution in [-0.4, -0.2) is 23.4 Å². The molecule has 1 aromatic rings. The fourth-order valence-electron chi connectivity index (χ4n) is 2.34. The monoisotopic (exact) mass is 269 g/mol. The highest BCUT2D eigenvalue weighted by atomic mass is 16.6. The number of nitrogens with one attached hydrogen (secondary N) is 1. The van der Waals surface area contributed by atoms with Crippen molar-refractivity contribution in [2.45, 2.75) is 5.60 Å². The molecule has 0 bridgehead atoms. The predicted octanol–water partition coefficient (Wildman–Crippen LogP) is 0.981. The molecule has 100 valence electrons. The first kappa shape index (κ1) is 12.3. The second-order valence-corrected chi connectivity index (χ2v) is 4.59. The number of imide groups is 1. The molecule has 0 spiro atoms. The van der Waals surface area contributed by atoms with Gasteiger partial charge in [-0.15, -0.1) is 0 Å². The number of benzene rings is 1. The van der Waals surface area contributed by atoms with Crippen molar-refractivity contribution in [3.8, 4) is 0 Å². The van der Waals surface area contributed by atoms with E-state index in [9.17, 15) is 14.4 Å². The quantitative estimate of drug-likeness (QED) is 0.641. The smallest absolute Gasteiger partial charge is 0.339 e. The van der Waals surface area contributed by atoms with Crippen LogP contribution in [0.15, 0.2) is 54.6 Å².